The number of carbonyl (C=O) groups excluding carboxylic acids is 1. The smallest absolute Gasteiger partial charge is 0.240 e. The summed E-state index contributed by atoms with van der Waals surface area (Å²) >= 11 is 6.11. The molecule has 0 atom stereocenters. The Balaban J connectivity index is 2.57. The van der Waals surface area contributed by atoms with E-state index in [1.165, 1.54) is 6.08 Å². The second-order valence-electron chi connectivity index (χ2n) is 3.22. The topological polar surface area (TPSA) is 47.2 Å². The normalized spacial score (nSPS) is 9.88. The molecular weight excluding hydrogens is 226 g/mol. The van der Waals surface area contributed by atoms with Gasteiger partial charge < -0.3 is 0 Å². The maximum Gasteiger partial charge on any atom is 0.240 e. The highest BCUT2D eigenvalue weighted by atomic mass is 35.5. The molecule has 0 aliphatic rings. The van der Waals surface area contributed by atoms with Crippen LogP contribution in [0.25, 0.3) is 11.3 Å². The fourth-order valence-electron chi connectivity index (χ4n) is 1.41. The van der Waals surface area contributed by atoms with Crippen molar-refractivity contribution in [2.75, 3.05) is 0 Å². The van der Waals surface area contributed by atoms with E-state index in [-0.39, 0.29) is 0 Å². The average Bonchev–Trinajstić information content (AvgIpc) is 2.68. The first-order chi connectivity index (χ1) is 7.72. The standard InChI is InChI=1S/C11H8ClN3O/c1-15-6-5-9(14-15)8-3-2-4-10(11(8)12)13-7-16/h2-6H,1H3. The van der Waals surface area contributed by atoms with Gasteiger partial charge in [0.15, 0.2) is 0 Å². The minimum absolute atomic E-state index is 0.403. The molecule has 1 heterocycles. The van der Waals surface area contributed by atoms with Gasteiger partial charge in [0, 0.05) is 18.8 Å². The van der Waals surface area contributed by atoms with E-state index in [9.17, 15) is 4.79 Å². The van der Waals surface area contributed by atoms with Crippen LogP contribution in [0.5, 0.6) is 0 Å². The number of hydrogen-bond acceptors (Lipinski definition) is 3. The van der Waals surface area contributed by atoms with Crippen LogP contribution in [0.15, 0.2) is 35.5 Å². The van der Waals surface area contributed by atoms with Crippen LogP contribution < -0.4 is 0 Å². The minimum Gasteiger partial charge on any atom is -0.275 e. The van der Waals surface area contributed by atoms with Crippen LogP contribution in [0.3, 0.4) is 0 Å². The molecule has 0 saturated heterocycles. The van der Waals surface area contributed by atoms with Gasteiger partial charge in [0.05, 0.1) is 16.4 Å². The molecular formula is C11H8ClN3O. The number of aliphatic imine (C=N–C) groups is 1. The summed E-state index contributed by atoms with van der Waals surface area (Å²) in [5.74, 6) is 0. The molecule has 16 heavy (non-hydrogen) atoms. The lowest BCUT2D eigenvalue weighted by atomic mass is 10.1. The maximum atomic E-state index is 10.2. The van der Waals surface area contributed by atoms with Crippen molar-refractivity contribution in [3.05, 3.63) is 35.5 Å². The molecule has 0 bridgehead atoms. The SMILES string of the molecule is Cn1ccc(-c2cccc(N=C=O)c2Cl)n1. The van der Waals surface area contributed by atoms with Crippen molar-refractivity contribution in [1.29, 1.82) is 0 Å². The van der Waals surface area contributed by atoms with Gasteiger partial charge in [-0.2, -0.15) is 10.1 Å². The molecule has 0 radical (unpaired) electrons. The van der Waals surface area contributed by atoms with Crippen LogP contribution in [-0.2, 0) is 11.8 Å². The summed E-state index contributed by atoms with van der Waals surface area (Å²) in [5.41, 5.74) is 1.90. The number of aromatic nitrogens is 2. The van der Waals surface area contributed by atoms with E-state index < -0.39 is 0 Å². The van der Waals surface area contributed by atoms with Crippen LogP contribution in [0, 0.1) is 0 Å². The van der Waals surface area contributed by atoms with E-state index in [1.807, 2.05) is 25.4 Å². The maximum absolute atomic E-state index is 10.2. The van der Waals surface area contributed by atoms with Crippen molar-refractivity contribution in [2.45, 2.75) is 0 Å². The van der Waals surface area contributed by atoms with Gasteiger partial charge in [-0.05, 0) is 12.1 Å². The Bertz CT molecular complexity index is 570. The van der Waals surface area contributed by atoms with E-state index in [0.29, 0.717) is 10.7 Å². The van der Waals surface area contributed by atoms with Gasteiger partial charge in [0.1, 0.15) is 0 Å². The van der Waals surface area contributed by atoms with Crippen molar-refractivity contribution >= 4 is 23.4 Å². The Labute approximate surface area is 97.2 Å². The lowest BCUT2D eigenvalue weighted by molar-refractivity contribution is 0.565. The highest BCUT2D eigenvalue weighted by Crippen LogP contribution is 2.34. The number of hydrogen-bond donors (Lipinski definition) is 0. The Kier molecular flexibility index (Phi) is 2.86. The summed E-state index contributed by atoms with van der Waals surface area (Å²) in [6, 6.07) is 7.09. The largest absolute Gasteiger partial charge is 0.275 e. The number of rotatable bonds is 2. The second-order valence-corrected chi connectivity index (χ2v) is 3.59. The summed E-state index contributed by atoms with van der Waals surface area (Å²) in [7, 11) is 1.82. The predicted octanol–water partition coefficient (Wildman–Crippen LogP) is 2.71. The van der Waals surface area contributed by atoms with Crippen molar-refractivity contribution < 1.29 is 4.79 Å². The number of halogens is 1. The van der Waals surface area contributed by atoms with Gasteiger partial charge in [-0.15, -0.1) is 0 Å². The molecule has 0 unspecified atom stereocenters. The first kappa shape index (κ1) is 10.6. The molecule has 0 fully saturated rings. The molecule has 4 nitrogen and oxygen atoms in total. The van der Waals surface area contributed by atoms with Crippen LogP contribution >= 0.6 is 11.6 Å². The van der Waals surface area contributed by atoms with E-state index in [0.717, 1.165) is 11.3 Å². The van der Waals surface area contributed by atoms with Gasteiger partial charge in [-0.3, -0.25) is 4.68 Å². The molecule has 1 aromatic heterocycles. The molecule has 0 saturated carbocycles. The van der Waals surface area contributed by atoms with Crippen LogP contribution in [0.1, 0.15) is 0 Å². The monoisotopic (exact) mass is 233 g/mol. The third-order valence-electron chi connectivity index (χ3n) is 2.13. The lowest BCUT2D eigenvalue weighted by Crippen LogP contribution is -1.88. The molecule has 0 aliphatic carbocycles. The molecule has 0 N–H and O–H groups in total. The van der Waals surface area contributed by atoms with E-state index in [4.69, 9.17) is 11.6 Å². The molecule has 0 amide bonds. The number of aryl methyl sites for hydroxylation is 1. The van der Waals surface area contributed by atoms with Crippen molar-refractivity contribution in [3.63, 3.8) is 0 Å². The summed E-state index contributed by atoms with van der Waals surface area (Å²) in [5, 5.41) is 4.64. The van der Waals surface area contributed by atoms with Gasteiger partial charge in [-0.25, -0.2) is 4.79 Å². The van der Waals surface area contributed by atoms with Gasteiger partial charge in [0.2, 0.25) is 6.08 Å². The van der Waals surface area contributed by atoms with Crippen molar-refractivity contribution in [1.82, 2.24) is 9.78 Å². The number of nitrogens with zero attached hydrogens (tertiary/aromatic N) is 3. The van der Waals surface area contributed by atoms with E-state index in [1.54, 1.807) is 16.8 Å². The van der Waals surface area contributed by atoms with Crippen molar-refractivity contribution in [3.8, 4) is 11.3 Å². The van der Waals surface area contributed by atoms with Crippen molar-refractivity contribution in [2.24, 2.45) is 12.0 Å². The number of isocyanates is 1. The Morgan fingerprint density at radius 3 is 2.88 bits per heavy atom. The second kappa shape index (κ2) is 4.31. The summed E-state index contributed by atoms with van der Waals surface area (Å²) in [4.78, 5) is 13.7. The molecule has 0 spiro atoms. The highest BCUT2D eigenvalue weighted by Gasteiger charge is 2.09. The fourth-order valence-corrected chi connectivity index (χ4v) is 1.68. The first-order valence-electron chi connectivity index (χ1n) is 4.59. The van der Waals surface area contributed by atoms with Gasteiger partial charge in [-0.1, -0.05) is 23.7 Å². The Morgan fingerprint density at radius 2 is 2.25 bits per heavy atom. The summed E-state index contributed by atoms with van der Waals surface area (Å²) < 4.78 is 1.68. The third kappa shape index (κ3) is 1.89. The Hall–Kier alpha value is -1.90. The molecule has 2 rings (SSSR count). The summed E-state index contributed by atoms with van der Waals surface area (Å²) in [6.45, 7) is 0. The molecule has 5 heteroatoms. The third-order valence-corrected chi connectivity index (χ3v) is 2.53. The van der Waals surface area contributed by atoms with E-state index >= 15 is 0 Å². The van der Waals surface area contributed by atoms with Crippen LogP contribution in [0.2, 0.25) is 5.02 Å². The molecule has 0 aliphatic heterocycles. The molecule has 2 aromatic rings. The molecule has 80 valence electrons. The average molecular weight is 234 g/mol. The van der Waals surface area contributed by atoms with Crippen LogP contribution in [0.4, 0.5) is 5.69 Å². The predicted molar refractivity (Wildman–Crippen MR) is 61.4 cm³/mol. The Morgan fingerprint density at radius 1 is 1.44 bits per heavy atom. The zero-order valence-electron chi connectivity index (χ0n) is 8.51. The zero-order valence-corrected chi connectivity index (χ0v) is 9.27. The van der Waals surface area contributed by atoms with E-state index in [2.05, 4.69) is 10.1 Å². The summed E-state index contributed by atoms with van der Waals surface area (Å²) in [6.07, 6.45) is 3.29. The first-order valence-corrected chi connectivity index (χ1v) is 4.96. The molecule has 1 aromatic carbocycles. The zero-order chi connectivity index (χ0) is 11.5. The minimum atomic E-state index is 0.403. The quantitative estimate of drug-likeness (QED) is 0.592. The number of benzene rings is 1. The van der Waals surface area contributed by atoms with Gasteiger partial charge >= 0.3 is 0 Å². The highest BCUT2D eigenvalue weighted by molar-refractivity contribution is 6.35. The van der Waals surface area contributed by atoms with Gasteiger partial charge in [0.25, 0.3) is 0 Å². The van der Waals surface area contributed by atoms with Crippen LogP contribution in [-0.4, -0.2) is 15.9 Å². The lowest BCUT2D eigenvalue weighted by Gasteiger charge is -2.02. The fraction of sp³-hybridized carbons (Fsp3) is 0.0909.